The number of benzene rings is 1. The zero-order chi connectivity index (χ0) is 15.6. The summed E-state index contributed by atoms with van der Waals surface area (Å²) in [7, 11) is 0. The summed E-state index contributed by atoms with van der Waals surface area (Å²) in [5, 5.41) is 3.46. The van der Waals surface area contributed by atoms with Crippen molar-refractivity contribution in [3.05, 3.63) is 34.3 Å². The third-order valence-electron chi connectivity index (χ3n) is 3.02. The van der Waals surface area contributed by atoms with Gasteiger partial charge in [0.2, 0.25) is 0 Å². The van der Waals surface area contributed by atoms with E-state index < -0.39 is 0 Å². The normalized spacial score (nSPS) is 14.2. The quantitative estimate of drug-likeness (QED) is 0.882. The van der Waals surface area contributed by atoms with E-state index in [4.69, 9.17) is 0 Å². The molecule has 0 amide bonds. The third kappa shape index (κ3) is 5.76. The minimum atomic E-state index is -0.335. The highest BCUT2D eigenvalue weighted by Crippen LogP contribution is 2.21. The van der Waals surface area contributed by atoms with Crippen LogP contribution in [0.2, 0.25) is 0 Å². The summed E-state index contributed by atoms with van der Waals surface area (Å²) in [4.78, 5) is 12.6. The second-order valence-corrected chi connectivity index (χ2v) is 8.31. The highest BCUT2D eigenvalue weighted by atomic mass is 79.9. The summed E-state index contributed by atoms with van der Waals surface area (Å²) in [6.07, 6.45) is 0.723. The monoisotopic (exact) mass is 339 g/mol. The Bertz CT molecular complexity index is 451. The Balaban J connectivity index is 2.93. The number of hydrogen-bond acceptors (Lipinski definition) is 2. The highest BCUT2D eigenvalue weighted by Gasteiger charge is 2.31. The smallest absolute Gasteiger partial charge is 0.155 e. The average Bonchev–Trinajstić information content (AvgIpc) is 2.27. The zero-order valence-corrected chi connectivity index (χ0v) is 15.0. The van der Waals surface area contributed by atoms with Crippen molar-refractivity contribution in [1.29, 1.82) is 0 Å². The highest BCUT2D eigenvalue weighted by molar-refractivity contribution is 9.10. The van der Waals surface area contributed by atoms with Gasteiger partial charge in [0, 0.05) is 15.4 Å². The summed E-state index contributed by atoms with van der Waals surface area (Å²) >= 11 is 3.44. The van der Waals surface area contributed by atoms with Gasteiger partial charge in [0.1, 0.15) is 0 Å². The lowest BCUT2D eigenvalue weighted by molar-refractivity contribution is -0.128. The van der Waals surface area contributed by atoms with Crippen LogP contribution in [-0.4, -0.2) is 17.4 Å². The molecule has 0 aliphatic carbocycles. The number of carbonyl (C=O) groups is 1. The van der Waals surface area contributed by atoms with E-state index in [2.05, 4.69) is 54.2 Å². The lowest BCUT2D eigenvalue weighted by Gasteiger charge is -2.32. The summed E-state index contributed by atoms with van der Waals surface area (Å²) in [6, 6.07) is 8.02. The first kappa shape index (κ1) is 17.4. The van der Waals surface area contributed by atoms with Crippen molar-refractivity contribution in [2.45, 2.75) is 59.5 Å². The molecule has 1 aromatic carbocycles. The molecule has 0 aliphatic heterocycles. The molecule has 1 aromatic rings. The molecule has 20 heavy (non-hydrogen) atoms. The molecule has 0 radical (unpaired) electrons. The van der Waals surface area contributed by atoms with Crippen molar-refractivity contribution < 1.29 is 4.79 Å². The summed E-state index contributed by atoms with van der Waals surface area (Å²) in [6.45, 7) is 12.2. The summed E-state index contributed by atoms with van der Waals surface area (Å²) in [5.41, 5.74) is 0.756. The number of ketones is 1. The molecule has 0 heterocycles. The van der Waals surface area contributed by atoms with Crippen molar-refractivity contribution in [3.63, 3.8) is 0 Å². The largest absolute Gasteiger partial charge is 0.302 e. The van der Waals surface area contributed by atoms with Crippen LogP contribution >= 0.6 is 15.9 Å². The summed E-state index contributed by atoms with van der Waals surface area (Å²) < 4.78 is 1.06. The number of carbonyl (C=O) groups excluding carboxylic acids is 1. The minimum Gasteiger partial charge on any atom is -0.302 e. The lowest BCUT2D eigenvalue weighted by atomic mass is 9.83. The van der Waals surface area contributed by atoms with E-state index in [9.17, 15) is 4.79 Å². The first-order valence-electron chi connectivity index (χ1n) is 7.05. The maximum Gasteiger partial charge on any atom is 0.155 e. The van der Waals surface area contributed by atoms with Crippen molar-refractivity contribution >= 4 is 21.7 Å². The van der Waals surface area contributed by atoms with Crippen LogP contribution in [0.15, 0.2) is 28.7 Å². The predicted molar refractivity (Wildman–Crippen MR) is 89.0 cm³/mol. The van der Waals surface area contributed by atoms with E-state index in [1.807, 2.05) is 32.9 Å². The van der Waals surface area contributed by atoms with Gasteiger partial charge in [0.25, 0.3) is 0 Å². The third-order valence-corrected chi connectivity index (χ3v) is 3.54. The van der Waals surface area contributed by atoms with Crippen molar-refractivity contribution in [2.75, 3.05) is 0 Å². The Morgan fingerprint density at radius 1 is 1.10 bits per heavy atom. The average molecular weight is 340 g/mol. The van der Waals surface area contributed by atoms with Gasteiger partial charge in [-0.25, -0.2) is 0 Å². The van der Waals surface area contributed by atoms with Crippen LogP contribution in [0.1, 0.15) is 47.1 Å². The van der Waals surface area contributed by atoms with Crippen molar-refractivity contribution in [3.8, 4) is 0 Å². The van der Waals surface area contributed by atoms with Gasteiger partial charge >= 0.3 is 0 Å². The maximum atomic E-state index is 12.6. The Labute approximate surface area is 131 Å². The van der Waals surface area contributed by atoms with E-state index in [0.717, 1.165) is 10.9 Å². The summed E-state index contributed by atoms with van der Waals surface area (Å²) in [5.74, 6) is 0.260. The molecular formula is C17H26BrNO. The molecule has 0 unspecified atom stereocenters. The van der Waals surface area contributed by atoms with Crippen molar-refractivity contribution in [1.82, 2.24) is 5.32 Å². The van der Waals surface area contributed by atoms with Crippen LogP contribution in [0.3, 0.4) is 0 Å². The maximum absolute atomic E-state index is 12.6. The Kier molecular flexibility index (Phi) is 5.56. The molecule has 1 N–H and O–H groups in total. The SMILES string of the molecule is CC(C)(C)N[C@H](Cc1ccc(Br)cc1)C(=O)C(C)(C)C. The van der Waals surface area contributed by atoms with Crippen LogP contribution in [0, 0.1) is 5.41 Å². The molecule has 0 saturated carbocycles. The second-order valence-electron chi connectivity index (χ2n) is 7.39. The molecule has 1 rings (SSSR count). The molecule has 0 aromatic heterocycles. The predicted octanol–water partition coefficient (Wildman–Crippen LogP) is 4.36. The number of rotatable bonds is 4. The van der Waals surface area contributed by atoms with Gasteiger partial charge in [0.15, 0.2) is 5.78 Å². The van der Waals surface area contributed by atoms with Crippen LogP contribution in [0.4, 0.5) is 0 Å². The van der Waals surface area contributed by atoms with Gasteiger partial charge in [-0.05, 0) is 44.9 Å². The molecule has 112 valence electrons. The zero-order valence-electron chi connectivity index (χ0n) is 13.4. The van der Waals surface area contributed by atoms with Crippen LogP contribution in [-0.2, 0) is 11.2 Å². The van der Waals surface area contributed by atoms with Crippen molar-refractivity contribution in [2.24, 2.45) is 5.41 Å². The fourth-order valence-electron chi connectivity index (χ4n) is 2.11. The Hall–Kier alpha value is -0.670. The Morgan fingerprint density at radius 2 is 1.60 bits per heavy atom. The number of hydrogen-bond donors (Lipinski definition) is 1. The van der Waals surface area contributed by atoms with E-state index in [1.54, 1.807) is 0 Å². The van der Waals surface area contributed by atoms with Gasteiger partial charge in [0.05, 0.1) is 6.04 Å². The molecule has 2 nitrogen and oxygen atoms in total. The van der Waals surface area contributed by atoms with E-state index in [1.165, 1.54) is 5.56 Å². The van der Waals surface area contributed by atoms with Gasteiger partial charge in [-0.15, -0.1) is 0 Å². The van der Waals surface area contributed by atoms with Gasteiger partial charge in [-0.2, -0.15) is 0 Å². The molecule has 0 spiro atoms. The van der Waals surface area contributed by atoms with Gasteiger partial charge < -0.3 is 5.32 Å². The standard InChI is InChI=1S/C17H26BrNO/c1-16(2,3)15(20)14(19-17(4,5)6)11-12-7-9-13(18)10-8-12/h7-10,14,19H,11H2,1-6H3/t14-/m1/s1. The van der Waals surface area contributed by atoms with Gasteiger partial charge in [-0.3, -0.25) is 4.79 Å². The second kappa shape index (κ2) is 6.40. The fourth-order valence-corrected chi connectivity index (χ4v) is 2.38. The Morgan fingerprint density at radius 3 is 2.00 bits per heavy atom. The van der Waals surface area contributed by atoms with E-state index >= 15 is 0 Å². The van der Waals surface area contributed by atoms with Crippen LogP contribution in [0.5, 0.6) is 0 Å². The molecular weight excluding hydrogens is 314 g/mol. The fraction of sp³-hybridized carbons (Fsp3) is 0.588. The molecule has 0 bridgehead atoms. The van der Waals surface area contributed by atoms with E-state index in [-0.39, 0.29) is 22.8 Å². The van der Waals surface area contributed by atoms with Gasteiger partial charge in [-0.1, -0.05) is 48.8 Å². The van der Waals surface area contributed by atoms with Crippen LogP contribution in [0.25, 0.3) is 0 Å². The molecule has 0 saturated heterocycles. The number of halogens is 1. The van der Waals surface area contributed by atoms with E-state index in [0.29, 0.717) is 0 Å². The molecule has 1 atom stereocenters. The first-order valence-corrected chi connectivity index (χ1v) is 7.85. The lowest BCUT2D eigenvalue weighted by Crippen LogP contribution is -2.51. The topological polar surface area (TPSA) is 29.1 Å². The molecule has 0 aliphatic rings. The molecule has 3 heteroatoms. The minimum absolute atomic E-state index is 0.0824. The number of nitrogens with one attached hydrogen (secondary N) is 1. The molecule has 0 fully saturated rings. The number of Topliss-reactive ketones (excluding diaryl/α,β-unsaturated/α-hetero) is 1. The first-order chi connectivity index (χ1) is 8.99. The van der Waals surface area contributed by atoms with Crippen LogP contribution < -0.4 is 5.32 Å².